The van der Waals surface area contributed by atoms with Crippen LogP contribution in [0.5, 0.6) is 0 Å². The first-order valence-electron chi connectivity index (χ1n) is 6.83. The highest BCUT2D eigenvalue weighted by Gasteiger charge is 2.12. The maximum Gasteiger partial charge on any atom is 0.257 e. The Morgan fingerprint density at radius 1 is 1.17 bits per heavy atom. The fourth-order valence-corrected chi connectivity index (χ4v) is 2.79. The lowest BCUT2D eigenvalue weighted by molar-refractivity contribution is 0.102. The largest absolute Gasteiger partial charge is 0.322 e. The zero-order valence-electron chi connectivity index (χ0n) is 12.7. The molecule has 0 unspecified atom stereocenters. The number of nitrogens with zero attached hydrogens (tertiary/aromatic N) is 1. The fraction of sp³-hybridized carbons (Fsp3) is 0.125. The number of nitrogens with one attached hydrogen (secondary N) is 2. The van der Waals surface area contributed by atoms with E-state index in [4.69, 9.17) is 16.9 Å². The van der Waals surface area contributed by atoms with Crippen molar-refractivity contribution in [3.05, 3.63) is 58.6 Å². The van der Waals surface area contributed by atoms with Gasteiger partial charge in [0.15, 0.2) is 0 Å². The van der Waals surface area contributed by atoms with E-state index in [1.54, 1.807) is 24.3 Å². The molecule has 0 atom stereocenters. The fourth-order valence-electron chi connectivity index (χ4n) is 1.97. The molecule has 8 heteroatoms. The summed E-state index contributed by atoms with van der Waals surface area (Å²) in [6, 6.07) is 13.2. The minimum Gasteiger partial charge on any atom is -0.322 e. The van der Waals surface area contributed by atoms with Crippen molar-refractivity contribution < 1.29 is 13.2 Å². The van der Waals surface area contributed by atoms with E-state index in [1.807, 2.05) is 6.07 Å². The third-order valence-corrected chi connectivity index (χ3v) is 3.93. The number of anilines is 2. The van der Waals surface area contributed by atoms with Crippen LogP contribution in [0.25, 0.3) is 0 Å². The van der Waals surface area contributed by atoms with Crippen LogP contribution < -0.4 is 10.0 Å². The maximum absolute atomic E-state index is 12.3. The van der Waals surface area contributed by atoms with Crippen molar-refractivity contribution in [1.82, 2.24) is 0 Å². The summed E-state index contributed by atoms with van der Waals surface area (Å²) in [6.45, 7) is 0. The van der Waals surface area contributed by atoms with E-state index < -0.39 is 15.9 Å². The highest BCUT2D eigenvalue weighted by Crippen LogP contribution is 2.23. The predicted molar refractivity (Wildman–Crippen MR) is 93.6 cm³/mol. The number of amides is 1. The Morgan fingerprint density at radius 3 is 2.33 bits per heavy atom. The van der Waals surface area contributed by atoms with E-state index in [0.29, 0.717) is 12.1 Å². The molecule has 124 valence electrons. The summed E-state index contributed by atoms with van der Waals surface area (Å²) in [4.78, 5) is 12.3. The van der Waals surface area contributed by atoms with Gasteiger partial charge in [0.1, 0.15) is 0 Å². The molecule has 0 aliphatic carbocycles. The molecule has 0 bridgehead atoms. The molecule has 0 aliphatic heterocycles. The lowest BCUT2D eigenvalue weighted by atomic mass is 10.1. The summed E-state index contributed by atoms with van der Waals surface area (Å²) in [6.07, 6.45) is 1.33. The quantitative estimate of drug-likeness (QED) is 0.852. The normalized spacial score (nSPS) is 10.7. The van der Waals surface area contributed by atoms with E-state index >= 15 is 0 Å². The second kappa shape index (κ2) is 7.34. The number of sulfonamides is 1. The second-order valence-electron chi connectivity index (χ2n) is 5.05. The van der Waals surface area contributed by atoms with Crippen LogP contribution in [0.4, 0.5) is 11.4 Å². The van der Waals surface area contributed by atoms with Gasteiger partial charge in [-0.25, -0.2) is 8.42 Å². The molecule has 0 saturated heterocycles. The summed E-state index contributed by atoms with van der Waals surface area (Å²) < 4.78 is 24.7. The SMILES string of the molecule is CS(=O)(=O)Nc1ccc(C(=O)Nc2ccc(CC#N)cc2)c(Cl)c1. The molecule has 2 aromatic rings. The number of carbonyl (C=O) groups excluding carboxylic acids is 1. The van der Waals surface area contributed by atoms with Gasteiger partial charge in [-0.1, -0.05) is 23.7 Å². The third kappa shape index (κ3) is 4.98. The summed E-state index contributed by atoms with van der Waals surface area (Å²) >= 11 is 6.05. The molecule has 0 spiro atoms. The van der Waals surface area contributed by atoms with Crippen LogP contribution in [0.2, 0.25) is 5.02 Å². The van der Waals surface area contributed by atoms with Crippen molar-refractivity contribution in [1.29, 1.82) is 5.26 Å². The van der Waals surface area contributed by atoms with Gasteiger partial charge < -0.3 is 5.32 Å². The van der Waals surface area contributed by atoms with Gasteiger partial charge in [0, 0.05) is 11.4 Å². The molecule has 0 saturated carbocycles. The minimum atomic E-state index is -3.42. The number of halogens is 1. The van der Waals surface area contributed by atoms with Crippen LogP contribution in [-0.2, 0) is 16.4 Å². The molecule has 0 heterocycles. The number of benzene rings is 2. The highest BCUT2D eigenvalue weighted by molar-refractivity contribution is 7.92. The molecular formula is C16H14ClN3O3S. The molecular weight excluding hydrogens is 350 g/mol. The van der Waals surface area contributed by atoms with Crippen molar-refractivity contribution >= 4 is 38.9 Å². The Kier molecular flexibility index (Phi) is 5.44. The van der Waals surface area contributed by atoms with Gasteiger partial charge in [-0.15, -0.1) is 0 Å². The van der Waals surface area contributed by atoms with Gasteiger partial charge >= 0.3 is 0 Å². The number of rotatable bonds is 5. The topological polar surface area (TPSA) is 99.1 Å². The average molecular weight is 364 g/mol. The molecule has 0 aromatic heterocycles. The van der Waals surface area contributed by atoms with Crippen LogP contribution in [0.15, 0.2) is 42.5 Å². The van der Waals surface area contributed by atoms with Crippen molar-refractivity contribution in [3.63, 3.8) is 0 Å². The number of hydrogen-bond donors (Lipinski definition) is 2. The molecule has 0 radical (unpaired) electrons. The summed E-state index contributed by atoms with van der Waals surface area (Å²) in [5.74, 6) is -0.418. The minimum absolute atomic E-state index is 0.127. The van der Waals surface area contributed by atoms with Gasteiger partial charge in [0.2, 0.25) is 10.0 Å². The van der Waals surface area contributed by atoms with Crippen molar-refractivity contribution in [2.24, 2.45) is 0 Å². The predicted octanol–water partition coefficient (Wildman–Crippen LogP) is 3.03. The molecule has 0 aliphatic rings. The molecule has 6 nitrogen and oxygen atoms in total. The molecule has 1 amide bonds. The Balaban J connectivity index is 2.13. The number of carbonyl (C=O) groups is 1. The van der Waals surface area contributed by atoms with E-state index in [9.17, 15) is 13.2 Å². The first-order chi connectivity index (χ1) is 11.3. The summed E-state index contributed by atoms with van der Waals surface area (Å²) in [7, 11) is -3.42. The maximum atomic E-state index is 12.3. The first kappa shape index (κ1) is 17.8. The van der Waals surface area contributed by atoms with Crippen LogP contribution in [0.3, 0.4) is 0 Å². The van der Waals surface area contributed by atoms with Crippen LogP contribution in [0.1, 0.15) is 15.9 Å². The zero-order valence-corrected chi connectivity index (χ0v) is 14.3. The molecule has 24 heavy (non-hydrogen) atoms. The Hall–Kier alpha value is -2.56. The standard InChI is InChI=1S/C16H14ClN3O3S/c1-24(22,23)20-13-6-7-14(15(17)10-13)16(21)19-12-4-2-11(3-5-12)8-9-18/h2-7,10,20H,8H2,1H3,(H,19,21). The average Bonchev–Trinajstić information content (AvgIpc) is 2.48. The zero-order chi connectivity index (χ0) is 17.7. The molecule has 2 aromatic carbocycles. The Bertz CT molecular complexity index is 903. The monoisotopic (exact) mass is 363 g/mol. The second-order valence-corrected chi connectivity index (χ2v) is 7.21. The molecule has 0 fully saturated rings. The molecule has 2 N–H and O–H groups in total. The third-order valence-electron chi connectivity index (χ3n) is 3.01. The Morgan fingerprint density at radius 2 is 1.79 bits per heavy atom. The van der Waals surface area contributed by atoms with Gasteiger partial charge in [-0.05, 0) is 35.9 Å². The number of hydrogen-bond acceptors (Lipinski definition) is 4. The van der Waals surface area contributed by atoms with Crippen molar-refractivity contribution in [3.8, 4) is 6.07 Å². The summed E-state index contributed by atoms with van der Waals surface area (Å²) in [5.41, 5.74) is 1.91. The van der Waals surface area contributed by atoms with Gasteiger partial charge in [0.25, 0.3) is 5.91 Å². The van der Waals surface area contributed by atoms with E-state index in [2.05, 4.69) is 10.0 Å². The van der Waals surface area contributed by atoms with Crippen LogP contribution in [-0.4, -0.2) is 20.6 Å². The van der Waals surface area contributed by atoms with E-state index in [0.717, 1.165) is 11.8 Å². The van der Waals surface area contributed by atoms with Gasteiger partial charge in [-0.2, -0.15) is 5.26 Å². The smallest absolute Gasteiger partial charge is 0.257 e. The highest BCUT2D eigenvalue weighted by atomic mass is 35.5. The van der Waals surface area contributed by atoms with Gasteiger partial charge in [0.05, 0.1) is 29.3 Å². The lowest BCUT2D eigenvalue weighted by Crippen LogP contribution is -2.13. The van der Waals surface area contributed by atoms with Gasteiger partial charge in [-0.3, -0.25) is 9.52 Å². The first-order valence-corrected chi connectivity index (χ1v) is 9.10. The van der Waals surface area contributed by atoms with E-state index in [1.165, 1.54) is 18.2 Å². The van der Waals surface area contributed by atoms with Crippen LogP contribution in [0, 0.1) is 11.3 Å². The van der Waals surface area contributed by atoms with Crippen LogP contribution >= 0.6 is 11.6 Å². The van der Waals surface area contributed by atoms with Crippen molar-refractivity contribution in [2.75, 3.05) is 16.3 Å². The summed E-state index contributed by atoms with van der Waals surface area (Å²) in [5, 5.41) is 11.4. The number of nitriles is 1. The molecule has 2 rings (SSSR count). The Labute approximate surface area is 145 Å². The van der Waals surface area contributed by atoms with Crippen molar-refractivity contribution in [2.45, 2.75) is 6.42 Å². The lowest BCUT2D eigenvalue weighted by Gasteiger charge is -2.09. The van der Waals surface area contributed by atoms with E-state index in [-0.39, 0.29) is 16.3 Å².